The molecule has 1 aromatic carbocycles. The Morgan fingerprint density at radius 3 is 2.70 bits per heavy atom. The Kier molecular flexibility index (Phi) is 4.64. The lowest BCUT2D eigenvalue weighted by atomic mass is 10.1. The number of hydrogen-bond donors (Lipinski definition) is 0. The number of piperidine rings is 1. The highest BCUT2D eigenvalue weighted by Gasteiger charge is 2.13. The van der Waals surface area contributed by atoms with Gasteiger partial charge in [0.15, 0.2) is 0 Å². The topological polar surface area (TPSA) is 21.1 Å². The van der Waals surface area contributed by atoms with Crippen molar-refractivity contribution in [1.29, 1.82) is 0 Å². The highest BCUT2D eigenvalue weighted by atomic mass is 79.9. The van der Waals surface area contributed by atoms with Crippen molar-refractivity contribution in [2.45, 2.75) is 31.7 Å². The van der Waals surface area contributed by atoms with E-state index in [0.717, 1.165) is 28.9 Å². The van der Waals surface area contributed by atoms with Crippen molar-refractivity contribution in [3.63, 3.8) is 0 Å². The van der Waals surface area contributed by atoms with E-state index < -0.39 is 0 Å². The summed E-state index contributed by atoms with van der Waals surface area (Å²) >= 11 is 9.60. The largest absolute Gasteiger partial charge is 0.326 e. The maximum atomic E-state index is 6.06. The monoisotopic (exact) mass is 355 g/mol. The zero-order valence-corrected chi connectivity index (χ0v) is 13.8. The maximum Gasteiger partial charge on any atom is 0.124 e. The van der Waals surface area contributed by atoms with Gasteiger partial charge in [-0.1, -0.05) is 22.4 Å². The summed E-state index contributed by atoms with van der Waals surface area (Å²) in [6.07, 6.45) is 4.04. The average molecular weight is 357 g/mol. The van der Waals surface area contributed by atoms with E-state index >= 15 is 0 Å². The smallest absolute Gasteiger partial charge is 0.124 e. The molecule has 2 aromatic rings. The number of imidazole rings is 1. The molecule has 3 nitrogen and oxygen atoms in total. The molecule has 1 fully saturated rings. The van der Waals surface area contributed by atoms with Crippen LogP contribution in [0.2, 0.25) is 0 Å². The molecule has 1 aromatic heterocycles. The molecule has 0 N–H and O–H groups in total. The number of hydrogen-bond acceptors (Lipinski definition) is 2. The Morgan fingerprint density at radius 1 is 1.15 bits per heavy atom. The van der Waals surface area contributed by atoms with E-state index in [-0.39, 0.29) is 0 Å². The van der Waals surface area contributed by atoms with Crippen LogP contribution < -0.4 is 0 Å². The zero-order valence-electron chi connectivity index (χ0n) is 11.5. The Balaban J connectivity index is 1.83. The molecule has 0 saturated carbocycles. The molecule has 3 rings (SSSR count). The summed E-state index contributed by atoms with van der Waals surface area (Å²) < 4.78 is 3.35. The van der Waals surface area contributed by atoms with E-state index in [1.165, 1.54) is 37.9 Å². The minimum atomic E-state index is 0.465. The highest BCUT2D eigenvalue weighted by Crippen LogP contribution is 2.22. The van der Waals surface area contributed by atoms with Crippen LogP contribution in [-0.4, -0.2) is 34.1 Å². The number of alkyl halides is 1. The first-order valence-electron chi connectivity index (χ1n) is 7.21. The molecule has 108 valence electrons. The van der Waals surface area contributed by atoms with Gasteiger partial charge in [-0.3, -0.25) is 0 Å². The van der Waals surface area contributed by atoms with Crippen LogP contribution in [0.3, 0.4) is 0 Å². The number of fused-ring (bicyclic) bond motifs is 1. The van der Waals surface area contributed by atoms with Crippen LogP contribution in [0, 0.1) is 0 Å². The van der Waals surface area contributed by atoms with Crippen molar-refractivity contribution in [3.05, 3.63) is 28.5 Å². The first-order valence-corrected chi connectivity index (χ1v) is 8.53. The quantitative estimate of drug-likeness (QED) is 0.771. The second-order valence-electron chi connectivity index (χ2n) is 5.35. The van der Waals surface area contributed by atoms with Crippen molar-refractivity contribution in [3.8, 4) is 0 Å². The molecule has 0 bridgehead atoms. The second-order valence-corrected chi connectivity index (χ2v) is 6.53. The highest BCUT2D eigenvalue weighted by molar-refractivity contribution is 9.10. The van der Waals surface area contributed by atoms with Crippen LogP contribution >= 0.6 is 27.5 Å². The molecule has 2 heterocycles. The minimum absolute atomic E-state index is 0.465. The van der Waals surface area contributed by atoms with Gasteiger partial charge in [-0.2, -0.15) is 0 Å². The van der Waals surface area contributed by atoms with Gasteiger partial charge in [0.05, 0.1) is 16.9 Å². The number of halogens is 2. The van der Waals surface area contributed by atoms with Crippen LogP contribution in [0.15, 0.2) is 22.7 Å². The first kappa shape index (κ1) is 14.4. The molecule has 0 radical (unpaired) electrons. The molecule has 0 aliphatic carbocycles. The van der Waals surface area contributed by atoms with Crippen molar-refractivity contribution in [1.82, 2.24) is 14.5 Å². The summed E-state index contributed by atoms with van der Waals surface area (Å²) in [6, 6.07) is 6.21. The third-order valence-electron chi connectivity index (χ3n) is 4.00. The van der Waals surface area contributed by atoms with Crippen molar-refractivity contribution in [2.75, 3.05) is 19.6 Å². The maximum absolute atomic E-state index is 6.06. The van der Waals surface area contributed by atoms with Crippen molar-refractivity contribution >= 4 is 38.6 Å². The van der Waals surface area contributed by atoms with Crippen LogP contribution in [0.5, 0.6) is 0 Å². The molecule has 0 amide bonds. The average Bonchev–Trinajstić information content (AvgIpc) is 2.83. The SMILES string of the molecule is ClCc1nc2ccc(Br)cc2n1CCN1CCCCC1. The number of nitrogens with zero attached hydrogens (tertiary/aromatic N) is 3. The molecule has 20 heavy (non-hydrogen) atoms. The van der Waals surface area contributed by atoms with Crippen LogP contribution in [0.25, 0.3) is 11.0 Å². The fourth-order valence-corrected chi connectivity index (χ4v) is 3.47. The van der Waals surface area contributed by atoms with Gasteiger partial charge in [-0.05, 0) is 44.1 Å². The van der Waals surface area contributed by atoms with E-state index in [9.17, 15) is 0 Å². The van der Waals surface area contributed by atoms with Crippen LogP contribution in [0.4, 0.5) is 0 Å². The van der Waals surface area contributed by atoms with E-state index in [0.29, 0.717) is 5.88 Å². The summed E-state index contributed by atoms with van der Waals surface area (Å²) in [5.41, 5.74) is 2.20. The zero-order chi connectivity index (χ0) is 13.9. The van der Waals surface area contributed by atoms with Gasteiger partial charge in [0.25, 0.3) is 0 Å². The van der Waals surface area contributed by atoms with Gasteiger partial charge in [0.1, 0.15) is 5.82 Å². The van der Waals surface area contributed by atoms with Gasteiger partial charge in [0.2, 0.25) is 0 Å². The first-order chi connectivity index (χ1) is 9.78. The number of aromatic nitrogens is 2. The van der Waals surface area contributed by atoms with Crippen LogP contribution in [-0.2, 0) is 12.4 Å². The van der Waals surface area contributed by atoms with Crippen molar-refractivity contribution < 1.29 is 0 Å². The van der Waals surface area contributed by atoms with Gasteiger partial charge < -0.3 is 9.47 Å². The normalized spacial score (nSPS) is 16.9. The molecule has 0 unspecified atom stereocenters. The van der Waals surface area contributed by atoms with Gasteiger partial charge in [-0.25, -0.2) is 4.98 Å². The summed E-state index contributed by atoms with van der Waals surface area (Å²) in [5.74, 6) is 1.43. The van der Waals surface area contributed by atoms with E-state index in [1.54, 1.807) is 0 Å². The lowest BCUT2D eigenvalue weighted by Crippen LogP contribution is -2.32. The molecule has 1 aliphatic heterocycles. The van der Waals surface area contributed by atoms with Gasteiger partial charge >= 0.3 is 0 Å². The van der Waals surface area contributed by atoms with Gasteiger partial charge in [0, 0.05) is 17.6 Å². The number of benzene rings is 1. The van der Waals surface area contributed by atoms with E-state index in [4.69, 9.17) is 11.6 Å². The van der Waals surface area contributed by atoms with E-state index in [1.807, 2.05) is 12.1 Å². The molecular formula is C15H19BrClN3. The van der Waals surface area contributed by atoms with Gasteiger partial charge in [-0.15, -0.1) is 11.6 Å². The Bertz CT molecular complexity index is 590. The van der Waals surface area contributed by atoms with E-state index in [2.05, 4.69) is 36.4 Å². The van der Waals surface area contributed by atoms with Crippen molar-refractivity contribution in [2.24, 2.45) is 0 Å². The van der Waals surface area contributed by atoms with Crippen LogP contribution in [0.1, 0.15) is 25.1 Å². The summed E-state index contributed by atoms with van der Waals surface area (Å²) in [5, 5.41) is 0. The molecule has 1 saturated heterocycles. The summed E-state index contributed by atoms with van der Waals surface area (Å²) in [7, 11) is 0. The molecular weight excluding hydrogens is 338 g/mol. The minimum Gasteiger partial charge on any atom is -0.326 e. The predicted molar refractivity (Wildman–Crippen MR) is 87.3 cm³/mol. The Hall–Kier alpha value is -0.580. The Morgan fingerprint density at radius 2 is 1.95 bits per heavy atom. The summed E-state index contributed by atoms with van der Waals surface area (Å²) in [4.78, 5) is 7.17. The standard InChI is InChI=1S/C15H19BrClN3/c16-12-4-5-13-14(10-12)20(15(11-17)18-13)9-8-19-6-2-1-3-7-19/h4-5,10H,1-3,6-9,11H2. The number of likely N-dealkylation sites (tertiary alicyclic amines) is 1. The third-order valence-corrected chi connectivity index (χ3v) is 4.73. The molecule has 0 atom stereocenters. The third kappa shape index (κ3) is 3.02. The lowest BCUT2D eigenvalue weighted by Gasteiger charge is -2.26. The fourth-order valence-electron chi connectivity index (χ4n) is 2.92. The summed E-state index contributed by atoms with van der Waals surface area (Å²) in [6.45, 7) is 4.51. The lowest BCUT2D eigenvalue weighted by molar-refractivity contribution is 0.221. The molecule has 1 aliphatic rings. The number of rotatable bonds is 4. The molecule has 0 spiro atoms. The second kappa shape index (κ2) is 6.46. The fraction of sp³-hybridized carbons (Fsp3) is 0.533. The predicted octanol–water partition coefficient (Wildman–Crippen LogP) is 4.02. The Labute approximate surface area is 133 Å². The molecule has 5 heteroatoms.